The summed E-state index contributed by atoms with van der Waals surface area (Å²) in [4.78, 5) is 17.0. The minimum absolute atomic E-state index is 0. The average Bonchev–Trinajstić information content (AvgIpc) is 2.34. The summed E-state index contributed by atoms with van der Waals surface area (Å²) in [5, 5.41) is 0. The first-order valence-corrected chi connectivity index (χ1v) is 9.29. The van der Waals surface area contributed by atoms with Gasteiger partial charge in [0.25, 0.3) is 0 Å². The molecule has 0 aliphatic heterocycles. The van der Waals surface area contributed by atoms with Crippen molar-refractivity contribution >= 4 is 7.82 Å². The molecule has 0 aromatic heterocycles. The molecule has 0 fully saturated rings. The Kier molecular flexibility index (Phi) is 21.4. The Morgan fingerprint density at radius 2 is 1.15 bits per heavy atom. The fraction of sp³-hybridized carbons (Fsp3) is 1.00. The molecule has 0 aromatic rings. The summed E-state index contributed by atoms with van der Waals surface area (Å²) in [5.74, 6) is 0. The van der Waals surface area contributed by atoms with Crippen molar-refractivity contribution in [3.63, 3.8) is 0 Å². The maximum Gasteiger partial charge on any atom is 1.00 e. The molecule has 6 heteroatoms. The molecule has 118 valence electrons. The molecule has 0 rings (SSSR count). The van der Waals surface area contributed by atoms with Crippen LogP contribution in [0.25, 0.3) is 0 Å². The van der Waals surface area contributed by atoms with Crippen LogP contribution in [-0.4, -0.2) is 16.4 Å². The van der Waals surface area contributed by atoms with Crippen molar-refractivity contribution in [1.82, 2.24) is 0 Å². The fourth-order valence-corrected chi connectivity index (χ4v) is 2.49. The van der Waals surface area contributed by atoms with Crippen molar-refractivity contribution in [3.05, 3.63) is 0 Å². The Morgan fingerprint density at radius 3 is 1.50 bits per heavy atom. The molecule has 0 atom stereocenters. The zero-order valence-electron chi connectivity index (χ0n) is 14.4. The van der Waals surface area contributed by atoms with Gasteiger partial charge in [-0.25, -0.2) is 4.57 Å². The number of phosphoric acid groups is 1. The van der Waals surface area contributed by atoms with Crippen LogP contribution >= 0.6 is 7.82 Å². The third kappa shape index (κ3) is 22.4. The molecule has 0 bridgehead atoms. The summed E-state index contributed by atoms with van der Waals surface area (Å²) in [6.07, 6.45) is 14.9. The van der Waals surface area contributed by atoms with Gasteiger partial charge >= 0.3 is 76.7 Å². The first kappa shape index (κ1) is 24.4. The number of unbranched alkanes of at least 4 members (excludes halogenated alkanes) is 11. The van der Waals surface area contributed by atoms with Crippen molar-refractivity contribution in [1.29, 1.82) is 0 Å². The Bertz CT molecular complexity index is 239. The first-order chi connectivity index (χ1) is 9.06. The second kappa shape index (κ2) is 17.5. The van der Waals surface area contributed by atoms with E-state index in [1.54, 1.807) is 0 Å². The van der Waals surface area contributed by atoms with E-state index in [4.69, 9.17) is 9.79 Å². The molecular formula is C14H32CsO4P. The van der Waals surface area contributed by atoms with Crippen molar-refractivity contribution in [3.8, 4) is 0 Å². The SMILES string of the molecule is CCCCCCCCCCCCCCOP(=O)(O)O.[Cs+].[H-]. The van der Waals surface area contributed by atoms with E-state index in [2.05, 4.69) is 11.4 Å². The van der Waals surface area contributed by atoms with E-state index >= 15 is 0 Å². The molecule has 2 N–H and O–H groups in total. The van der Waals surface area contributed by atoms with Gasteiger partial charge in [0.2, 0.25) is 0 Å². The van der Waals surface area contributed by atoms with E-state index in [-0.39, 0.29) is 76.9 Å². The van der Waals surface area contributed by atoms with Crippen LogP contribution in [0.2, 0.25) is 0 Å². The van der Waals surface area contributed by atoms with Gasteiger partial charge in [-0.2, -0.15) is 0 Å². The van der Waals surface area contributed by atoms with Crippen molar-refractivity contribution in [2.45, 2.75) is 84.0 Å². The van der Waals surface area contributed by atoms with E-state index in [0.29, 0.717) is 0 Å². The molecule has 4 nitrogen and oxygen atoms in total. The summed E-state index contributed by atoms with van der Waals surface area (Å²) in [7, 11) is -4.25. The predicted molar refractivity (Wildman–Crippen MR) is 80.2 cm³/mol. The van der Waals surface area contributed by atoms with Crippen LogP contribution in [-0.2, 0) is 9.09 Å². The third-order valence-electron chi connectivity index (χ3n) is 3.26. The minimum atomic E-state index is -4.25. The van der Waals surface area contributed by atoms with Crippen molar-refractivity contribution in [2.75, 3.05) is 6.61 Å². The van der Waals surface area contributed by atoms with Gasteiger partial charge in [0.15, 0.2) is 0 Å². The second-order valence-electron chi connectivity index (χ2n) is 5.21. The minimum Gasteiger partial charge on any atom is -1.00 e. The van der Waals surface area contributed by atoms with Crippen molar-refractivity contribution < 1.29 is 89.2 Å². The number of hydrogen-bond acceptors (Lipinski definition) is 2. The number of hydrogen-bond donors (Lipinski definition) is 2. The Balaban J connectivity index is -0.00000162. The van der Waals surface area contributed by atoms with Gasteiger partial charge in [0, 0.05) is 0 Å². The van der Waals surface area contributed by atoms with Gasteiger partial charge in [0.1, 0.15) is 0 Å². The molecule has 0 radical (unpaired) electrons. The topological polar surface area (TPSA) is 66.8 Å². The maximum atomic E-state index is 10.4. The largest absolute Gasteiger partial charge is 1.00 e. The Hall–Kier alpha value is 2.16. The molecule has 0 spiro atoms. The van der Waals surface area contributed by atoms with E-state index in [0.717, 1.165) is 19.3 Å². The zero-order valence-corrected chi connectivity index (χ0v) is 20.5. The van der Waals surface area contributed by atoms with Crippen LogP contribution in [0.1, 0.15) is 85.4 Å². The quantitative estimate of drug-likeness (QED) is 0.328. The van der Waals surface area contributed by atoms with Gasteiger partial charge in [-0.05, 0) is 6.42 Å². The van der Waals surface area contributed by atoms with Crippen molar-refractivity contribution in [2.24, 2.45) is 0 Å². The molecule has 0 saturated heterocycles. The van der Waals surface area contributed by atoms with E-state index in [9.17, 15) is 4.57 Å². The predicted octanol–water partition coefficient (Wildman–Crippen LogP) is 1.91. The second-order valence-corrected chi connectivity index (χ2v) is 6.45. The molecule has 0 unspecified atom stereocenters. The van der Waals surface area contributed by atoms with Crippen LogP contribution in [0.5, 0.6) is 0 Å². The molecule has 0 saturated carbocycles. The van der Waals surface area contributed by atoms with Gasteiger partial charge in [0.05, 0.1) is 6.61 Å². The summed E-state index contributed by atoms with van der Waals surface area (Å²) in [6, 6.07) is 0. The number of phosphoric ester groups is 1. The molecule has 0 aliphatic rings. The molecule has 0 amide bonds. The van der Waals surface area contributed by atoms with Crippen LogP contribution in [0.4, 0.5) is 0 Å². The van der Waals surface area contributed by atoms with Gasteiger partial charge < -0.3 is 11.2 Å². The van der Waals surface area contributed by atoms with Gasteiger partial charge in [-0.15, -0.1) is 0 Å². The summed E-state index contributed by atoms with van der Waals surface area (Å²) < 4.78 is 14.8. The standard InChI is InChI=1S/C14H31O4P.Cs.H/c1-2-3-4-5-6-7-8-9-10-11-12-13-14-18-19(15,16)17;;/h2-14H2,1H3,(H2,15,16,17);;/q;+1;-1. The van der Waals surface area contributed by atoms with Crippen LogP contribution in [0.3, 0.4) is 0 Å². The molecule has 0 aromatic carbocycles. The molecule has 0 aliphatic carbocycles. The normalized spacial score (nSPS) is 11.3. The van der Waals surface area contributed by atoms with Crippen LogP contribution < -0.4 is 68.9 Å². The van der Waals surface area contributed by atoms with Crippen LogP contribution in [0, 0.1) is 0 Å². The first-order valence-electron chi connectivity index (χ1n) is 7.76. The number of rotatable bonds is 14. The van der Waals surface area contributed by atoms with E-state index in [1.165, 1.54) is 57.8 Å². The molecule has 20 heavy (non-hydrogen) atoms. The maximum absolute atomic E-state index is 10.4. The molecule has 0 heterocycles. The average molecular weight is 428 g/mol. The van der Waals surface area contributed by atoms with Gasteiger partial charge in [-0.1, -0.05) is 77.6 Å². The molecular weight excluding hydrogens is 396 g/mol. The zero-order chi connectivity index (χ0) is 14.4. The fourth-order valence-electron chi connectivity index (χ4n) is 2.13. The third-order valence-corrected chi connectivity index (χ3v) is 3.78. The Labute approximate surface area is 185 Å². The van der Waals surface area contributed by atoms with E-state index < -0.39 is 7.82 Å². The summed E-state index contributed by atoms with van der Waals surface area (Å²) in [5.41, 5.74) is 0. The van der Waals surface area contributed by atoms with E-state index in [1.807, 2.05) is 0 Å². The van der Waals surface area contributed by atoms with Crippen LogP contribution in [0.15, 0.2) is 0 Å². The Morgan fingerprint density at radius 1 is 0.800 bits per heavy atom. The summed E-state index contributed by atoms with van der Waals surface area (Å²) in [6.45, 7) is 2.41. The van der Waals surface area contributed by atoms with Gasteiger partial charge in [-0.3, -0.25) is 4.52 Å². The summed E-state index contributed by atoms with van der Waals surface area (Å²) >= 11 is 0. The smallest absolute Gasteiger partial charge is 1.00 e. The monoisotopic (exact) mass is 428 g/mol.